The van der Waals surface area contributed by atoms with Crippen molar-refractivity contribution in [3.63, 3.8) is 0 Å². The third-order valence-electron chi connectivity index (χ3n) is 6.83. The lowest BCUT2D eigenvalue weighted by molar-refractivity contribution is -0.128. The minimum atomic E-state index is 0.283. The summed E-state index contributed by atoms with van der Waals surface area (Å²) in [4.78, 5) is 24.0. The lowest BCUT2D eigenvalue weighted by Crippen LogP contribution is -2.41. The van der Waals surface area contributed by atoms with E-state index in [1.54, 1.807) is 0 Å². The van der Waals surface area contributed by atoms with E-state index in [9.17, 15) is 4.79 Å². The molecule has 1 aromatic rings. The third kappa shape index (κ3) is 6.22. The number of nitrogens with one attached hydrogen (secondary N) is 1. The number of guanidine groups is 1. The van der Waals surface area contributed by atoms with Crippen molar-refractivity contribution in [2.45, 2.75) is 58.5 Å². The van der Waals surface area contributed by atoms with Crippen LogP contribution in [-0.4, -0.2) is 72.4 Å². The van der Waals surface area contributed by atoms with Gasteiger partial charge in [-0.3, -0.25) is 4.79 Å². The van der Waals surface area contributed by atoms with Gasteiger partial charge in [-0.05, 0) is 62.7 Å². The van der Waals surface area contributed by atoms with Crippen molar-refractivity contribution in [1.29, 1.82) is 0 Å². The van der Waals surface area contributed by atoms with Crippen molar-refractivity contribution in [1.82, 2.24) is 20.0 Å². The normalized spacial score (nSPS) is 23.1. The van der Waals surface area contributed by atoms with Gasteiger partial charge >= 0.3 is 0 Å². The maximum Gasteiger partial charge on any atom is 0.222 e. The summed E-state index contributed by atoms with van der Waals surface area (Å²) in [6.07, 6.45) is 7.09. The van der Waals surface area contributed by atoms with Gasteiger partial charge in [-0.25, -0.2) is 4.99 Å². The van der Waals surface area contributed by atoms with Gasteiger partial charge in [0.15, 0.2) is 5.96 Å². The number of piperidine rings is 1. The third-order valence-corrected chi connectivity index (χ3v) is 6.83. The molecule has 170 valence electrons. The number of benzene rings is 1. The van der Waals surface area contributed by atoms with Gasteiger partial charge in [0.05, 0.1) is 6.54 Å². The number of nitrogens with zero attached hydrogens (tertiary/aromatic N) is 4. The molecule has 3 aliphatic heterocycles. The molecule has 1 aromatic carbocycles. The SMILES string of the molecule is CCNC(=NCc1cccc(CN2CCCC2=O)c1)N1CCC(CN2CCCCC2)C1. The summed E-state index contributed by atoms with van der Waals surface area (Å²) >= 11 is 0. The molecule has 3 saturated heterocycles. The summed E-state index contributed by atoms with van der Waals surface area (Å²) < 4.78 is 0. The Hall–Kier alpha value is -2.08. The molecule has 1 amide bonds. The molecule has 4 rings (SSSR count). The molecule has 3 heterocycles. The molecule has 6 heteroatoms. The molecule has 3 aliphatic rings. The highest BCUT2D eigenvalue weighted by Crippen LogP contribution is 2.20. The zero-order valence-electron chi connectivity index (χ0n) is 19.2. The first-order valence-corrected chi connectivity index (χ1v) is 12.3. The highest BCUT2D eigenvalue weighted by atomic mass is 16.2. The number of amides is 1. The zero-order chi connectivity index (χ0) is 21.5. The highest BCUT2D eigenvalue weighted by molar-refractivity contribution is 5.80. The van der Waals surface area contributed by atoms with Crippen LogP contribution in [0.1, 0.15) is 56.6 Å². The van der Waals surface area contributed by atoms with Crippen LogP contribution in [0.2, 0.25) is 0 Å². The van der Waals surface area contributed by atoms with Gasteiger partial charge in [0.25, 0.3) is 0 Å². The second-order valence-corrected chi connectivity index (χ2v) is 9.37. The van der Waals surface area contributed by atoms with E-state index in [-0.39, 0.29) is 5.91 Å². The van der Waals surface area contributed by atoms with Gasteiger partial charge in [-0.2, -0.15) is 0 Å². The van der Waals surface area contributed by atoms with Crippen LogP contribution in [-0.2, 0) is 17.9 Å². The molecular formula is C25H39N5O. The first-order chi connectivity index (χ1) is 15.2. The first kappa shape index (κ1) is 22.1. The first-order valence-electron chi connectivity index (χ1n) is 12.3. The van der Waals surface area contributed by atoms with Crippen LogP contribution in [0.5, 0.6) is 0 Å². The van der Waals surface area contributed by atoms with Gasteiger partial charge < -0.3 is 20.0 Å². The highest BCUT2D eigenvalue weighted by Gasteiger charge is 2.27. The Bertz CT molecular complexity index is 758. The molecule has 0 bridgehead atoms. The van der Waals surface area contributed by atoms with Crippen LogP contribution < -0.4 is 5.32 Å². The van der Waals surface area contributed by atoms with Crippen LogP contribution >= 0.6 is 0 Å². The molecule has 0 radical (unpaired) electrons. The van der Waals surface area contributed by atoms with Crippen LogP contribution in [0.3, 0.4) is 0 Å². The van der Waals surface area contributed by atoms with Crippen molar-refractivity contribution in [3.8, 4) is 0 Å². The number of carbonyl (C=O) groups is 1. The van der Waals surface area contributed by atoms with Crippen molar-refractivity contribution >= 4 is 11.9 Å². The smallest absolute Gasteiger partial charge is 0.222 e. The Labute approximate surface area is 187 Å². The second-order valence-electron chi connectivity index (χ2n) is 9.37. The molecule has 0 saturated carbocycles. The van der Waals surface area contributed by atoms with Crippen molar-refractivity contribution in [3.05, 3.63) is 35.4 Å². The largest absolute Gasteiger partial charge is 0.357 e. The van der Waals surface area contributed by atoms with E-state index in [2.05, 4.69) is 46.3 Å². The van der Waals surface area contributed by atoms with E-state index < -0.39 is 0 Å². The Morgan fingerprint density at radius 1 is 1.10 bits per heavy atom. The predicted molar refractivity (Wildman–Crippen MR) is 126 cm³/mol. The number of rotatable bonds is 7. The maximum atomic E-state index is 11.9. The number of likely N-dealkylation sites (tertiary alicyclic amines) is 3. The number of hydrogen-bond acceptors (Lipinski definition) is 3. The molecule has 0 aliphatic carbocycles. The summed E-state index contributed by atoms with van der Waals surface area (Å²) in [6.45, 7) is 11.3. The molecule has 1 atom stereocenters. The average molecular weight is 426 g/mol. The van der Waals surface area contributed by atoms with Crippen LogP contribution in [0.4, 0.5) is 0 Å². The van der Waals surface area contributed by atoms with E-state index in [1.807, 2.05) is 4.90 Å². The van der Waals surface area contributed by atoms with Crippen molar-refractivity contribution < 1.29 is 4.79 Å². The Morgan fingerprint density at radius 3 is 2.71 bits per heavy atom. The molecule has 3 fully saturated rings. The fourth-order valence-corrected chi connectivity index (χ4v) is 5.19. The molecule has 6 nitrogen and oxygen atoms in total. The summed E-state index contributed by atoms with van der Waals surface area (Å²) in [5.41, 5.74) is 2.42. The Balaban J connectivity index is 1.33. The van der Waals surface area contributed by atoms with Crippen LogP contribution in [0, 0.1) is 5.92 Å². The van der Waals surface area contributed by atoms with Crippen LogP contribution in [0.15, 0.2) is 29.3 Å². The van der Waals surface area contributed by atoms with Gasteiger partial charge in [0.1, 0.15) is 0 Å². The molecule has 31 heavy (non-hydrogen) atoms. The summed E-state index contributed by atoms with van der Waals surface area (Å²) in [5, 5.41) is 3.51. The fourth-order valence-electron chi connectivity index (χ4n) is 5.19. The zero-order valence-corrected chi connectivity index (χ0v) is 19.2. The predicted octanol–water partition coefficient (Wildman–Crippen LogP) is 3.08. The summed E-state index contributed by atoms with van der Waals surface area (Å²) in [7, 11) is 0. The minimum absolute atomic E-state index is 0.283. The van der Waals surface area contributed by atoms with Gasteiger partial charge in [-0.15, -0.1) is 0 Å². The van der Waals surface area contributed by atoms with E-state index in [1.165, 1.54) is 56.4 Å². The quantitative estimate of drug-likeness (QED) is 0.539. The summed E-state index contributed by atoms with van der Waals surface area (Å²) in [6, 6.07) is 8.57. The van der Waals surface area contributed by atoms with E-state index in [0.717, 1.165) is 51.0 Å². The molecule has 1 unspecified atom stereocenters. The number of carbonyl (C=O) groups excluding carboxylic acids is 1. The van der Waals surface area contributed by atoms with Crippen molar-refractivity contribution in [2.24, 2.45) is 10.9 Å². The monoisotopic (exact) mass is 425 g/mol. The maximum absolute atomic E-state index is 11.9. The number of hydrogen-bond donors (Lipinski definition) is 1. The topological polar surface area (TPSA) is 51.2 Å². The lowest BCUT2D eigenvalue weighted by Gasteiger charge is -2.29. The van der Waals surface area contributed by atoms with Gasteiger partial charge in [0, 0.05) is 45.7 Å². The van der Waals surface area contributed by atoms with E-state index in [0.29, 0.717) is 13.0 Å². The Morgan fingerprint density at radius 2 is 1.94 bits per heavy atom. The van der Waals surface area contributed by atoms with Gasteiger partial charge in [0.2, 0.25) is 5.91 Å². The minimum Gasteiger partial charge on any atom is -0.357 e. The molecular weight excluding hydrogens is 386 g/mol. The van der Waals surface area contributed by atoms with Crippen molar-refractivity contribution in [2.75, 3.05) is 45.8 Å². The molecule has 1 N–H and O–H groups in total. The standard InChI is InChI=1S/C25H39N5O/c1-2-26-25(30-15-11-23(20-30)18-28-12-4-3-5-13-28)27-17-21-8-6-9-22(16-21)19-29-14-7-10-24(29)31/h6,8-9,16,23H,2-5,7,10-15,17-20H2,1H3,(H,26,27). The number of aliphatic imine (C=N–C) groups is 1. The fraction of sp³-hybridized carbons (Fsp3) is 0.680. The Kier molecular flexibility index (Phi) is 7.84. The summed E-state index contributed by atoms with van der Waals surface area (Å²) in [5.74, 6) is 2.08. The van der Waals surface area contributed by atoms with Gasteiger partial charge in [-0.1, -0.05) is 30.7 Å². The molecule has 0 aromatic heterocycles. The molecule has 0 spiro atoms. The lowest BCUT2D eigenvalue weighted by atomic mass is 10.1. The average Bonchev–Trinajstić information content (AvgIpc) is 3.41. The van der Waals surface area contributed by atoms with E-state index >= 15 is 0 Å². The van der Waals surface area contributed by atoms with Crippen LogP contribution in [0.25, 0.3) is 0 Å². The second kappa shape index (κ2) is 11.0. The van der Waals surface area contributed by atoms with E-state index in [4.69, 9.17) is 4.99 Å².